The zero-order valence-corrected chi connectivity index (χ0v) is 15.0. The quantitative estimate of drug-likeness (QED) is 0.711. The Morgan fingerprint density at radius 1 is 1.05 bits per heavy atom. The summed E-state index contributed by atoms with van der Waals surface area (Å²) in [5.74, 6) is 0. The molecule has 20 heavy (non-hydrogen) atoms. The molecular weight excluding hydrogens is 378 g/mol. The Labute approximate surface area is 138 Å². The Kier molecular flexibility index (Phi) is 5.82. The molecular formula is C17H19Br2N. The molecule has 0 aliphatic carbocycles. The zero-order valence-electron chi connectivity index (χ0n) is 11.8. The van der Waals surface area contributed by atoms with Gasteiger partial charge in [-0.25, -0.2) is 0 Å². The first-order valence-corrected chi connectivity index (χ1v) is 8.42. The van der Waals surface area contributed by atoms with Crippen molar-refractivity contribution in [1.29, 1.82) is 0 Å². The van der Waals surface area contributed by atoms with Gasteiger partial charge in [-0.15, -0.1) is 0 Å². The largest absolute Gasteiger partial charge is 0.310 e. The summed E-state index contributed by atoms with van der Waals surface area (Å²) in [6.45, 7) is 5.25. The van der Waals surface area contributed by atoms with Crippen molar-refractivity contribution in [2.45, 2.75) is 26.3 Å². The number of aryl methyl sites for hydroxylation is 1. The maximum Gasteiger partial charge on any atom is 0.0361 e. The fourth-order valence-corrected chi connectivity index (χ4v) is 3.49. The Morgan fingerprint density at radius 3 is 2.50 bits per heavy atom. The smallest absolute Gasteiger partial charge is 0.0361 e. The average molecular weight is 397 g/mol. The molecule has 1 unspecified atom stereocenters. The molecule has 1 nitrogen and oxygen atoms in total. The number of halogens is 2. The van der Waals surface area contributed by atoms with Crippen molar-refractivity contribution in [3.8, 4) is 0 Å². The highest BCUT2D eigenvalue weighted by molar-refractivity contribution is 9.10. The number of hydrogen-bond donors (Lipinski definition) is 1. The van der Waals surface area contributed by atoms with Crippen molar-refractivity contribution in [2.24, 2.45) is 0 Å². The van der Waals surface area contributed by atoms with Crippen LogP contribution in [0, 0.1) is 6.92 Å². The van der Waals surface area contributed by atoms with Gasteiger partial charge >= 0.3 is 0 Å². The summed E-state index contributed by atoms with van der Waals surface area (Å²) < 4.78 is 2.28. The average Bonchev–Trinajstić information content (AvgIpc) is 2.37. The second-order valence-electron chi connectivity index (χ2n) is 5.01. The van der Waals surface area contributed by atoms with Gasteiger partial charge in [0.05, 0.1) is 0 Å². The molecule has 106 valence electrons. The van der Waals surface area contributed by atoms with E-state index in [0.29, 0.717) is 6.04 Å². The van der Waals surface area contributed by atoms with Crippen LogP contribution in [0.15, 0.2) is 51.4 Å². The van der Waals surface area contributed by atoms with Crippen LogP contribution in [0.2, 0.25) is 0 Å². The monoisotopic (exact) mass is 395 g/mol. The van der Waals surface area contributed by atoms with Crippen molar-refractivity contribution in [2.75, 3.05) is 6.54 Å². The summed E-state index contributed by atoms with van der Waals surface area (Å²) in [5, 5.41) is 3.59. The van der Waals surface area contributed by atoms with Crippen LogP contribution in [-0.2, 0) is 6.42 Å². The first-order valence-electron chi connectivity index (χ1n) is 6.83. The third-order valence-electron chi connectivity index (χ3n) is 3.25. The van der Waals surface area contributed by atoms with Crippen molar-refractivity contribution in [3.63, 3.8) is 0 Å². The lowest BCUT2D eigenvalue weighted by Crippen LogP contribution is -2.23. The molecule has 0 radical (unpaired) electrons. The number of likely N-dealkylation sites (N-methyl/N-ethyl adjacent to an activating group) is 1. The molecule has 0 aliphatic heterocycles. The van der Waals surface area contributed by atoms with E-state index in [0.717, 1.165) is 21.9 Å². The predicted octanol–water partition coefficient (Wildman–Crippen LogP) is 5.41. The SMILES string of the molecule is CCNC(Cc1cccc(Br)c1)c1cc(C)cc(Br)c1. The van der Waals surface area contributed by atoms with E-state index in [2.05, 4.69) is 93.5 Å². The second-order valence-corrected chi connectivity index (χ2v) is 6.84. The minimum atomic E-state index is 0.338. The third kappa shape index (κ3) is 4.44. The van der Waals surface area contributed by atoms with Gasteiger partial charge in [-0.05, 0) is 60.8 Å². The highest BCUT2D eigenvalue weighted by atomic mass is 79.9. The van der Waals surface area contributed by atoms with Crippen molar-refractivity contribution in [1.82, 2.24) is 5.32 Å². The van der Waals surface area contributed by atoms with Crippen LogP contribution in [0.3, 0.4) is 0 Å². The van der Waals surface area contributed by atoms with Crippen LogP contribution < -0.4 is 5.32 Å². The molecule has 1 atom stereocenters. The first kappa shape index (κ1) is 15.7. The van der Waals surface area contributed by atoms with Gasteiger partial charge in [-0.2, -0.15) is 0 Å². The van der Waals surface area contributed by atoms with Crippen LogP contribution in [0.4, 0.5) is 0 Å². The highest BCUT2D eigenvalue weighted by Gasteiger charge is 2.12. The van der Waals surface area contributed by atoms with Crippen LogP contribution >= 0.6 is 31.9 Å². The van der Waals surface area contributed by atoms with Crippen LogP contribution in [0.25, 0.3) is 0 Å². The molecule has 0 bridgehead atoms. The molecule has 0 aliphatic rings. The summed E-state index contributed by atoms with van der Waals surface area (Å²) in [6.07, 6.45) is 0.989. The Bertz CT molecular complexity index is 561. The topological polar surface area (TPSA) is 12.0 Å². The first-order chi connectivity index (χ1) is 9.58. The number of hydrogen-bond acceptors (Lipinski definition) is 1. The molecule has 2 rings (SSSR count). The summed E-state index contributed by atoms with van der Waals surface area (Å²) in [7, 11) is 0. The fourth-order valence-electron chi connectivity index (χ4n) is 2.42. The van der Waals surface area contributed by atoms with E-state index in [1.165, 1.54) is 16.7 Å². The molecule has 0 saturated carbocycles. The Hall–Kier alpha value is -0.640. The maximum atomic E-state index is 3.59. The lowest BCUT2D eigenvalue weighted by atomic mass is 9.97. The Morgan fingerprint density at radius 2 is 1.85 bits per heavy atom. The fraction of sp³-hybridized carbons (Fsp3) is 0.294. The van der Waals surface area contributed by atoms with Gasteiger partial charge in [-0.3, -0.25) is 0 Å². The number of rotatable bonds is 5. The van der Waals surface area contributed by atoms with Gasteiger partial charge in [-0.1, -0.05) is 57.0 Å². The van der Waals surface area contributed by atoms with E-state index >= 15 is 0 Å². The minimum Gasteiger partial charge on any atom is -0.310 e. The van der Waals surface area contributed by atoms with Crippen LogP contribution in [-0.4, -0.2) is 6.54 Å². The van der Waals surface area contributed by atoms with Gasteiger partial charge < -0.3 is 5.32 Å². The zero-order chi connectivity index (χ0) is 14.5. The van der Waals surface area contributed by atoms with Crippen molar-refractivity contribution >= 4 is 31.9 Å². The van der Waals surface area contributed by atoms with Crippen molar-refractivity contribution in [3.05, 3.63) is 68.1 Å². The molecule has 0 fully saturated rings. The molecule has 0 spiro atoms. The van der Waals surface area contributed by atoms with E-state index in [4.69, 9.17) is 0 Å². The molecule has 0 heterocycles. The van der Waals surface area contributed by atoms with Gasteiger partial charge in [0.25, 0.3) is 0 Å². The lowest BCUT2D eigenvalue weighted by Gasteiger charge is -2.19. The Balaban J connectivity index is 2.26. The summed E-state index contributed by atoms with van der Waals surface area (Å²) >= 11 is 7.14. The summed E-state index contributed by atoms with van der Waals surface area (Å²) in [4.78, 5) is 0. The highest BCUT2D eigenvalue weighted by Crippen LogP contribution is 2.24. The van der Waals surface area contributed by atoms with Crippen LogP contribution in [0.1, 0.15) is 29.7 Å². The molecule has 2 aromatic carbocycles. The van der Waals surface area contributed by atoms with E-state index in [1.54, 1.807) is 0 Å². The van der Waals surface area contributed by atoms with E-state index < -0.39 is 0 Å². The predicted molar refractivity (Wildman–Crippen MR) is 93.1 cm³/mol. The van der Waals surface area contributed by atoms with Gasteiger partial charge in [0, 0.05) is 15.0 Å². The molecule has 0 saturated heterocycles. The van der Waals surface area contributed by atoms with E-state index in [9.17, 15) is 0 Å². The summed E-state index contributed by atoms with van der Waals surface area (Å²) in [6, 6.07) is 15.5. The molecule has 0 amide bonds. The van der Waals surface area contributed by atoms with Gasteiger partial charge in [0.2, 0.25) is 0 Å². The van der Waals surface area contributed by atoms with E-state index in [1.807, 2.05) is 0 Å². The second kappa shape index (κ2) is 7.39. The minimum absolute atomic E-state index is 0.338. The molecule has 3 heteroatoms. The lowest BCUT2D eigenvalue weighted by molar-refractivity contribution is 0.549. The number of nitrogens with one attached hydrogen (secondary N) is 1. The molecule has 1 N–H and O–H groups in total. The van der Waals surface area contributed by atoms with E-state index in [-0.39, 0.29) is 0 Å². The molecule has 2 aromatic rings. The van der Waals surface area contributed by atoms with Gasteiger partial charge in [0.1, 0.15) is 0 Å². The maximum absolute atomic E-state index is 3.59. The summed E-state index contributed by atoms with van der Waals surface area (Å²) in [5.41, 5.74) is 3.95. The normalized spacial score (nSPS) is 12.4. The molecule has 0 aromatic heterocycles. The number of benzene rings is 2. The standard InChI is InChI=1S/C17H19Br2N/c1-3-20-17(10-13-5-4-6-15(18)9-13)14-7-12(2)8-16(19)11-14/h4-9,11,17,20H,3,10H2,1-2H3. The van der Waals surface area contributed by atoms with Crippen molar-refractivity contribution < 1.29 is 0 Å². The third-order valence-corrected chi connectivity index (χ3v) is 4.20. The van der Waals surface area contributed by atoms with Gasteiger partial charge in [0.15, 0.2) is 0 Å². The van der Waals surface area contributed by atoms with Crippen LogP contribution in [0.5, 0.6) is 0 Å².